The summed E-state index contributed by atoms with van der Waals surface area (Å²) in [6.07, 6.45) is 2.68. The Morgan fingerprint density at radius 3 is 2.83 bits per heavy atom. The van der Waals surface area contributed by atoms with Crippen LogP contribution in [0.2, 0.25) is 0 Å². The maximum atomic E-state index is 12.0. The first-order valence-electron chi connectivity index (χ1n) is 6.52. The Labute approximate surface area is 108 Å². The molecule has 98 valence electrons. The Bertz CT molecular complexity index is 431. The van der Waals surface area contributed by atoms with Gasteiger partial charge in [-0.1, -0.05) is 0 Å². The molecule has 1 aromatic rings. The van der Waals surface area contributed by atoms with Crippen LogP contribution in [0.25, 0.3) is 0 Å². The van der Waals surface area contributed by atoms with Crippen molar-refractivity contribution in [3.63, 3.8) is 0 Å². The van der Waals surface area contributed by atoms with Gasteiger partial charge in [0.15, 0.2) is 0 Å². The maximum absolute atomic E-state index is 12.0. The Hall–Kier alpha value is -1.55. The van der Waals surface area contributed by atoms with E-state index in [1.165, 1.54) is 0 Å². The third-order valence-electron chi connectivity index (χ3n) is 3.36. The van der Waals surface area contributed by atoms with Gasteiger partial charge in [0, 0.05) is 25.0 Å². The SMILES string of the molecule is CNCCCCN1C(=O)Cc2cc(NC)ccc21. The summed E-state index contributed by atoms with van der Waals surface area (Å²) in [5, 5.41) is 6.23. The zero-order chi connectivity index (χ0) is 13.0. The lowest BCUT2D eigenvalue weighted by Gasteiger charge is -2.17. The monoisotopic (exact) mass is 247 g/mol. The van der Waals surface area contributed by atoms with Crippen LogP contribution >= 0.6 is 0 Å². The molecule has 0 atom stereocenters. The number of hydrogen-bond acceptors (Lipinski definition) is 3. The number of fused-ring (bicyclic) bond motifs is 1. The summed E-state index contributed by atoms with van der Waals surface area (Å²) in [6.45, 7) is 1.83. The van der Waals surface area contributed by atoms with Crippen LogP contribution in [0.4, 0.5) is 11.4 Å². The quantitative estimate of drug-likeness (QED) is 0.751. The van der Waals surface area contributed by atoms with Gasteiger partial charge in [-0.05, 0) is 50.2 Å². The molecule has 1 aliphatic rings. The van der Waals surface area contributed by atoms with Crippen LogP contribution < -0.4 is 15.5 Å². The molecule has 0 aliphatic carbocycles. The number of amides is 1. The largest absolute Gasteiger partial charge is 0.388 e. The van der Waals surface area contributed by atoms with Crippen molar-refractivity contribution in [2.24, 2.45) is 0 Å². The Kier molecular flexibility index (Phi) is 4.20. The van der Waals surface area contributed by atoms with Crippen LogP contribution in [-0.4, -0.2) is 33.1 Å². The van der Waals surface area contributed by atoms with Crippen LogP contribution in [0.15, 0.2) is 18.2 Å². The molecule has 0 saturated heterocycles. The van der Waals surface area contributed by atoms with Crippen molar-refractivity contribution in [3.8, 4) is 0 Å². The molecular weight excluding hydrogens is 226 g/mol. The highest BCUT2D eigenvalue weighted by Gasteiger charge is 2.26. The topological polar surface area (TPSA) is 44.4 Å². The number of hydrogen-bond donors (Lipinski definition) is 2. The predicted molar refractivity (Wildman–Crippen MR) is 75.2 cm³/mol. The third-order valence-corrected chi connectivity index (χ3v) is 3.36. The fraction of sp³-hybridized carbons (Fsp3) is 0.500. The molecule has 2 N–H and O–H groups in total. The smallest absolute Gasteiger partial charge is 0.231 e. The Balaban J connectivity index is 2.03. The summed E-state index contributed by atoms with van der Waals surface area (Å²) in [6, 6.07) is 6.14. The van der Waals surface area contributed by atoms with Crippen molar-refractivity contribution in [3.05, 3.63) is 23.8 Å². The normalized spacial score (nSPS) is 13.9. The molecule has 1 aliphatic heterocycles. The lowest BCUT2D eigenvalue weighted by molar-refractivity contribution is -0.117. The summed E-state index contributed by atoms with van der Waals surface area (Å²) >= 11 is 0. The highest BCUT2D eigenvalue weighted by molar-refractivity contribution is 6.01. The molecule has 0 bridgehead atoms. The van der Waals surface area contributed by atoms with Crippen molar-refractivity contribution in [1.82, 2.24) is 5.32 Å². The van der Waals surface area contributed by atoms with Crippen LogP contribution in [0.3, 0.4) is 0 Å². The Morgan fingerprint density at radius 2 is 2.11 bits per heavy atom. The van der Waals surface area contributed by atoms with Gasteiger partial charge in [0.2, 0.25) is 5.91 Å². The molecule has 0 spiro atoms. The number of carbonyl (C=O) groups excluding carboxylic acids is 1. The summed E-state index contributed by atoms with van der Waals surface area (Å²) in [7, 11) is 3.85. The Morgan fingerprint density at radius 1 is 1.28 bits per heavy atom. The van der Waals surface area contributed by atoms with Gasteiger partial charge in [-0.3, -0.25) is 4.79 Å². The lowest BCUT2D eigenvalue weighted by atomic mass is 10.1. The predicted octanol–water partition coefficient (Wildman–Crippen LogP) is 1.62. The summed E-state index contributed by atoms with van der Waals surface area (Å²) in [5.41, 5.74) is 3.29. The number of nitrogens with one attached hydrogen (secondary N) is 2. The molecule has 1 amide bonds. The van der Waals surface area contributed by atoms with Crippen LogP contribution in [0, 0.1) is 0 Å². The highest BCUT2D eigenvalue weighted by Crippen LogP contribution is 2.31. The average molecular weight is 247 g/mol. The van der Waals surface area contributed by atoms with Gasteiger partial charge in [0.1, 0.15) is 0 Å². The zero-order valence-corrected chi connectivity index (χ0v) is 11.1. The molecule has 0 aromatic heterocycles. The number of rotatable bonds is 6. The average Bonchev–Trinajstić information content (AvgIpc) is 2.69. The molecule has 18 heavy (non-hydrogen) atoms. The summed E-state index contributed by atoms with van der Waals surface area (Å²) in [4.78, 5) is 13.9. The first-order valence-corrected chi connectivity index (χ1v) is 6.52. The number of carbonyl (C=O) groups is 1. The molecule has 4 nitrogen and oxygen atoms in total. The van der Waals surface area contributed by atoms with Gasteiger partial charge < -0.3 is 15.5 Å². The molecule has 0 radical (unpaired) electrons. The standard InChI is InChI=1S/C14H21N3O/c1-15-7-3-4-8-17-13-6-5-12(16-2)9-11(13)10-14(17)18/h5-6,9,15-16H,3-4,7-8,10H2,1-2H3. The molecule has 0 fully saturated rings. The van der Waals surface area contributed by atoms with E-state index in [1.807, 2.05) is 31.1 Å². The van der Waals surface area contributed by atoms with Gasteiger partial charge in [-0.25, -0.2) is 0 Å². The second kappa shape index (κ2) is 5.87. The maximum Gasteiger partial charge on any atom is 0.231 e. The minimum absolute atomic E-state index is 0.225. The highest BCUT2D eigenvalue weighted by atomic mass is 16.2. The minimum atomic E-state index is 0.225. The van der Waals surface area contributed by atoms with Gasteiger partial charge in [0.25, 0.3) is 0 Å². The molecule has 0 saturated carbocycles. The third kappa shape index (κ3) is 2.64. The van der Waals surface area contributed by atoms with Gasteiger partial charge in [-0.15, -0.1) is 0 Å². The van der Waals surface area contributed by atoms with E-state index in [-0.39, 0.29) is 5.91 Å². The van der Waals surface area contributed by atoms with Crippen LogP contribution in [-0.2, 0) is 11.2 Å². The fourth-order valence-electron chi connectivity index (χ4n) is 2.36. The van der Waals surface area contributed by atoms with Crippen molar-refractivity contribution in [2.75, 3.05) is 37.4 Å². The van der Waals surface area contributed by atoms with Crippen molar-refractivity contribution < 1.29 is 4.79 Å². The second-order valence-electron chi connectivity index (χ2n) is 4.63. The van der Waals surface area contributed by atoms with Gasteiger partial charge >= 0.3 is 0 Å². The number of nitrogens with zero attached hydrogens (tertiary/aromatic N) is 1. The van der Waals surface area contributed by atoms with Crippen LogP contribution in [0.5, 0.6) is 0 Å². The first-order chi connectivity index (χ1) is 8.76. The molecule has 0 unspecified atom stereocenters. The summed E-state index contributed by atoms with van der Waals surface area (Å²) in [5.74, 6) is 0.225. The van der Waals surface area contributed by atoms with Gasteiger partial charge in [0.05, 0.1) is 6.42 Å². The summed E-state index contributed by atoms with van der Waals surface area (Å²) < 4.78 is 0. The van der Waals surface area contributed by atoms with E-state index in [1.54, 1.807) is 0 Å². The van der Waals surface area contributed by atoms with Crippen molar-refractivity contribution in [1.29, 1.82) is 0 Å². The van der Waals surface area contributed by atoms with Gasteiger partial charge in [-0.2, -0.15) is 0 Å². The molecule has 4 heteroatoms. The van der Waals surface area contributed by atoms with E-state index in [4.69, 9.17) is 0 Å². The van der Waals surface area contributed by atoms with Crippen molar-refractivity contribution >= 4 is 17.3 Å². The molecule has 1 heterocycles. The second-order valence-corrected chi connectivity index (χ2v) is 4.63. The molecule has 1 aromatic carbocycles. The minimum Gasteiger partial charge on any atom is -0.388 e. The van der Waals surface area contributed by atoms with E-state index in [2.05, 4.69) is 16.7 Å². The fourth-order valence-corrected chi connectivity index (χ4v) is 2.36. The van der Waals surface area contributed by atoms with E-state index in [0.717, 1.165) is 42.9 Å². The van der Waals surface area contributed by atoms with Crippen LogP contribution in [0.1, 0.15) is 18.4 Å². The van der Waals surface area contributed by atoms with E-state index < -0.39 is 0 Å². The number of anilines is 2. The van der Waals surface area contributed by atoms with E-state index in [9.17, 15) is 4.79 Å². The van der Waals surface area contributed by atoms with E-state index in [0.29, 0.717) is 6.42 Å². The van der Waals surface area contributed by atoms with Crippen molar-refractivity contribution in [2.45, 2.75) is 19.3 Å². The lowest BCUT2D eigenvalue weighted by Crippen LogP contribution is -2.28. The molecular formula is C14H21N3O. The zero-order valence-electron chi connectivity index (χ0n) is 11.1. The number of benzene rings is 1. The van der Waals surface area contributed by atoms with E-state index >= 15 is 0 Å². The number of unbranched alkanes of at least 4 members (excludes halogenated alkanes) is 1. The first kappa shape index (κ1) is 12.9. The molecule has 2 rings (SSSR count).